The Morgan fingerprint density at radius 3 is 2.70 bits per heavy atom. The van der Waals surface area contributed by atoms with E-state index >= 15 is 0 Å². The van der Waals surface area contributed by atoms with Crippen molar-refractivity contribution in [2.24, 2.45) is 0 Å². The van der Waals surface area contributed by atoms with E-state index in [1.54, 1.807) is 11.6 Å². The summed E-state index contributed by atoms with van der Waals surface area (Å²) in [5.74, 6) is 0.276. The molecule has 0 bridgehead atoms. The number of para-hydroxylation sites is 1. The molecule has 0 saturated carbocycles. The first-order valence-electron chi connectivity index (χ1n) is 7.29. The molecular weight excluding hydrogens is 316 g/mol. The van der Waals surface area contributed by atoms with Gasteiger partial charge in [0.15, 0.2) is 0 Å². The second kappa shape index (κ2) is 6.08. The SMILES string of the molecule is Cc1nn(CC(=O)OCc2oc3ccccc3c2C)c(C)c1Cl. The summed E-state index contributed by atoms with van der Waals surface area (Å²) in [6.45, 7) is 5.70. The third-order valence-electron chi connectivity index (χ3n) is 3.88. The summed E-state index contributed by atoms with van der Waals surface area (Å²) in [6, 6.07) is 7.74. The van der Waals surface area contributed by atoms with E-state index < -0.39 is 0 Å². The van der Waals surface area contributed by atoms with Crippen LogP contribution in [0, 0.1) is 20.8 Å². The predicted molar refractivity (Wildman–Crippen MR) is 87.5 cm³/mol. The highest BCUT2D eigenvalue weighted by atomic mass is 35.5. The van der Waals surface area contributed by atoms with Crippen molar-refractivity contribution < 1.29 is 13.9 Å². The molecule has 3 aromatic rings. The fourth-order valence-corrected chi connectivity index (χ4v) is 2.64. The summed E-state index contributed by atoms with van der Waals surface area (Å²) in [7, 11) is 0. The topological polar surface area (TPSA) is 57.3 Å². The van der Waals surface area contributed by atoms with E-state index in [-0.39, 0.29) is 19.1 Å². The maximum atomic E-state index is 12.0. The monoisotopic (exact) mass is 332 g/mol. The third-order valence-corrected chi connectivity index (χ3v) is 4.43. The Hall–Kier alpha value is -2.27. The van der Waals surface area contributed by atoms with Crippen molar-refractivity contribution in [1.29, 1.82) is 0 Å². The molecule has 3 rings (SSSR count). The van der Waals surface area contributed by atoms with Crippen molar-refractivity contribution in [2.45, 2.75) is 33.9 Å². The summed E-state index contributed by atoms with van der Waals surface area (Å²) < 4.78 is 12.6. The highest BCUT2D eigenvalue weighted by Crippen LogP contribution is 2.25. The Morgan fingerprint density at radius 2 is 2.04 bits per heavy atom. The average Bonchev–Trinajstić information content (AvgIpc) is 2.98. The van der Waals surface area contributed by atoms with Gasteiger partial charge in [-0.05, 0) is 26.8 Å². The molecule has 5 nitrogen and oxygen atoms in total. The van der Waals surface area contributed by atoms with E-state index in [0.29, 0.717) is 16.5 Å². The number of esters is 1. The number of furan rings is 1. The number of ether oxygens (including phenoxy) is 1. The van der Waals surface area contributed by atoms with Crippen molar-refractivity contribution in [3.63, 3.8) is 0 Å². The van der Waals surface area contributed by atoms with Crippen molar-refractivity contribution in [1.82, 2.24) is 9.78 Å². The molecule has 0 aliphatic rings. The first-order chi connectivity index (χ1) is 11.0. The molecule has 0 saturated heterocycles. The highest BCUT2D eigenvalue weighted by molar-refractivity contribution is 6.31. The Kier molecular flexibility index (Phi) is 4.13. The third kappa shape index (κ3) is 2.97. The molecule has 23 heavy (non-hydrogen) atoms. The van der Waals surface area contributed by atoms with Crippen LogP contribution in [0.2, 0.25) is 5.02 Å². The quantitative estimate of drug-likeness (QED) is 0.679. The van der Waals surface area contributed by atoms with Crippen LogP contribution in [0.5, 0.6) is 0 Å². The van der Waals surface area contributed by atoms with E-state index in [1.807, 2.05) is 38.1 Å². The number of fused-ring (bicyclic) bond motifs is 1. The van der Waals surface area contributed by atoms with Gasteiger partial charge < -0.3 is 9.15 Å². The summed E-state index contributed by atoms with van der Waals surface area (Å²) >= 11 is 6.07. The molecule has 120 valence electrons. The number of rotatable bonds is 4. The van der Waals surface area contributed by atoms with Gasteiger partial charge in [-0.3, -0.25) is 9.48 Å². The second-order valence-electron chi connectivity index (χ2n) is 5.45. The van der Waals surface area contributed by atoms with E-state index in [9.17, 15) is 4.79 Å². The van der Waals surface area contributed by atoms with Crippen molar-refractivity contribution >= 4 is 28.5 Å². The van der Waals surface area contributed by atoms with Crippen LogP contribution in [0.3, 0.4) is 0 Å². The molecule has 0 aliphatic carbocycles. The summed E-state index contributed by atoms with van der Waals surface area (Å²) in [5, 5.41) is 5.82. The normalized spacial score (nSPS) is 11.1. The molecule has 0 spiro atoms. The fraction of sp³-hybridized carbons (Fsp3) is 0.294. The zero-order valence-electron chi connectivity index (χ0n) is 13.2. The van der Waals surface area contributed by atoms with Gasteiger partial charge in [0.05, 0.1) is 16.4 Å². The number of carbonyl (C=O) groups excluding carboxylic acids is 1. The van der Waals surface area contributed by atoms with Gasteiger partial charge in [-0.15, -0.1) is 0 Å². The number of aryl methyl sites for hydroxylation is 2. The lowest BCUT2D eigenvalue weighted by molar-refractivity contribution is -0.146. The van der Waals surface area contributed by atoms with E-state index in [2.05, 4.69) is 5.10 Å². The summed E-state index contributed by atoms with van der Waals surface area (Å²) in [5.41, 5.74) is 3.23. The zero-order chi connectivity index (χ0) is 16.6. The van der Waals surface area contributed by atoms with Gasteiger partial charge in [0.2, 0.25) is 0 Å². The minimum Gasteiger partial charge on any atom is -0.457 e. The summed E-state index contributed by atoms with van der Waals surface area (Å²) in [6.07, 6.45) is 0. The number of carbonyl (C=O) groups is 1. The number of halogens is 1. The average molecular weight is 333 g/mol. The summed E-state index contributed by atoms with van der Waals surface area (Å²) in [4.78, 5) is 12.0. The molecule has 2 heterocycles. The van der Waals surface area contributed by atoms with Gasteiger partial charge in [-0.1, -0.05) is 29.8 Å². The zero-order valence-corrected chi connectivity index (χ0v) is 14.0. The molecule has 0 amide bonds. The molecule has 0 N–H and O–H groups in total. The van der Waals surface area contributed by atoms with Gasteiger partial charge >= 0.3 is 5.97 Å². The van der Waals surface area contributed by atoms with Crippen LogP contribution in [-0.2, 0) is 22.7 Å². The number of hydrogen-bond acceptors (Lipinski definition) is 4. The van der Waals surface area contributed by atoms with Crippen molar-refractivity contribution in [3.05, 3.63) is 52.0 Å². The number of benzene rings is 1. The fourth-order valence-electron chi connectivity index (χ4n) is 2.51. The van der Waals surface area contributed by atoms with Gasteiger partial charge in [0.25, 0.3) is 0 Å². The van der Waals surface area contributed by atoms with Crippen LogP contribution in [0.15, 0.2) is 28.7 Å². The maximum Gasteiger partial charge on any atom is 0.328 e. The van der Waals surface area contributed by atoms with Crippen LogP contribution >= 0.6 is 11.6 Å². The molecule has 0 atom stereocenters. The first-order valence-corrected chi connectivity index (χ1v) is 7.67. The number of aromatic nitrogens is 2. The Labute approximate surface area is 138 Å². The Bertz CT molecular complexity index is 879. The van der Waals surface area contributed by atoms with Crippen molar-refractivity contribution in [2.75, 3.05) is 0 Å². The molecule has 0 fully saturated rings. The molecule has 1 aromatic carbocycles. The van der Waals surface area contributed by atoms with E-state index in [1.165, 1.54) is 0 Å². The lowest BCUT2D eigenvalue weighted by Crippen LogP contribution is -2.15. The molecule has 6 heteroatoms. The minimum atomic E-state index is -0.382. The van der Waals surface area contributed by atoms with Gasteiger partial charge in [-0.2, -0.15) is 5.10 Å². The van der Waals surface area contributed by atoms with Gasteiger partial charge in [-0.25, -0.2) is 0 Å². The number of nitrogens with zero attached hydrogens (tertiary/aromatic N) is 2. The van der Waals surface area contributed by atoms with Crippen molar-refractivity contribution in [3.8, 4) is 0 Å². The Balaban J connectivity index is 1.68. The van der Waals surface area contributed by atoms with Crippen LogP contribution in [0.4, 0.5) is 0 Å². The van der Waals surface area contributed by atoms with Crippen LogP contribution < -0.4 is 0 Å². The first kappa shape index (κ1) is 15.6. The van der Waals surface area contributed by atoms with Gasteiger partial charge in [0, 0.05) is 10.9 Å². The van der Waals surface area contributed by atoms with Gasteiger partial charge in [0.1, 0.15) is 24.5 Å². The second-order valence-corrected chi connectivity index (χ2v) is 5.83. The maximum absolute atomic E-state index is 12.0. The molecular formula is C17H17ClN2O3. The minimum absolute atomic E-state index is 0.0265. The van der Waals surface area contributed by atoms with Crippen LogP contribution in [0.25, 0.3) is 11.0 Å². The number of hydrogen-bond donors (Lipinski definition) is 0. The highest BCUT2D eigenvalue weighted by Gasteiger charge is 2.15. The standard InChI is InChI=1S/C17H17ClN2O3/c1-10-13-6-4-5-7-14(13)23-15(10)9-22-16(21)8-20-12(3)17(18)11(2)19-20/h4-7H,8-9H2,1-3H3. The van der Waals surface area contributed by atoms with E-state index in [0.717, 1.165) is 22.2 Å². The van der Waals surface area contributed by atoms with Crippen LogP contribution in [-0.4, -0.2) is 15.7 Å². The molecule has 0 radical (unpaired) electrons. The van der Waals surface area contributed by atoms with E-state index in [4.69, 9.17) is 20.8 Å². The smallest absolute Gasteiger partial charge is 0.328 e. The lowest BCUT2D eigenvalue weighted by Gasteiger charge is -2.05. The largest absolute Gasteiger partial charge is 0.457 e. The molecule has 0 unspecified atom stereocenters. The molecule has 0 aliphatic heterocycles. The molecule has 2 aromatic heterocycles. The predicted octanol–water partition coefficient (Wildman–Crippen LogP) is 3.95. The Morgan fingerprint density at radius 1 is 1.30 bits per heavy atom. The lowest BCUT2D eigenvalue weighted by atomic mass is 10.1. The van der Waals surface area contributed by atoms with Crippen LogP contribution in [0.1, 0.15) is 22.7 Å².